The zero-order valence-electron chi connectivity index (χ0n) is 6.92. The van der Waals surface area contributed by atoms with Crippen molar-refractivity contribution in [2.45, 2.75) is 11.1 Å². The van der Waals surface area contributed by atoms with Crippen LogP contribution in [0.4, 0.5) is 5.82 Å². The van der Waals surface area contributed by atoms with Crippen LogP contribution in [-0.2, 0) is 0 Å². The molecule has 13 heavy (non-hydrogen) atoms. The summed E-state index contributed by atoms with van der Waals surface area (Å²) in [6.07, 6.45) is 2.27. The highest BCUT2D eigenvalue weighted by atomic mass is 32.2. The van der Waals surface area contributed by atoms with E-state index in [0.717, 1.165) is 0 Å². The molecule has 4 N–H and O–H groups in total. The van der Waals surface area contributed by atoms with Crippen molar-refractivity contribution in [3.63, 3.8) is 0 Å². The minimum absolute atomic E-state index is 0.241. The van der Waals surface area contributed by atoms with Crippen LogP contribution in [0.2, 0.25) is 0 Å². The summed E-state index contributed by atoms with van der Waals surface area (Å²) in [5.41, 5.74) is 5.34. The third-order valence-electron chi connectivity index (χ3n) is 1.28. The molecule has 1 unspecified atom stereocenters. The summed E-state index contributed by atoms with van der Waals surface area (Å²) in [6.45, 7) is -0.241. The monoisotopic (exact) mass is 201 g/mol. The molecule has 1 rings (SSSR count). The largest absolute Gasteiger partial charge is 0.394 e. The first-order valence-corrected chi connectivity index (χ1v) is 4.70. The number of thioether (sulfide) groups is 1. The molecule has 0 saturated heterocycles. The standard InChI is InChI=1S/C7H11N3O2S/c8-6-1-10-7(2-9-6)13-4-5(12)3-11/h1-2,5,11-12H,3-4H2,(H2,8,9). The molecule has 0 aliphatic carbocycles. The van der Waals surface area contributed by atoms with Crippen LogP contribution < -0.4 is 5.73 Å². The SMILES string of the molecule is Nc1cnc(SCC(O)CO)cn1. The quantitative estimate of drug-likeness (QED) is 0.569. The first kappa shape index (κ1) is 10.2. The van der Waals surface area contributed by atoms with E-state index in [1.165, 1.54) is 24.2 Å². The number of aliphatic hydroxyl groups excluding tert-OH is 2. The highest BCUT2D eigenvalue weighted by Gasteiger charge is 2.03. The highest BCUT2D eigenvalue weighted by molar-refractivity contribution is 7.99. The van der Waals surface area contributed by atoms with E-state index >= 15 is 0 Å². The Morgan fingerprint density at radius 3 is 2.77 bits per heavy atom. The van der Waals surface area contributed by atoms with Crippen LogP contribution in [0.3, 0.4) is 0 Å². The van der Waals surface area contributed by atoms with Gasteiger partial charge in [-0.1, -0.05) is 0 Å². The Kier molecular flexibility index (Phi) is 3.94. The first-order valence-electron chi connectivity index (χ1n) is 3.71. The van der Waals surface area contributed by atoms with Crippen molar-refractivity contribution in [1.82, 2.24) is 9.97 Å². The second-order valence-corrected chi connectivity index (χ2v) is 3.47. The van der Waals surface area contributed by atoms with Gasteiger partial charge in [-0.2, -0.15) is 0 Å². The van der Waals surface area contributed by atoms with Gasteiger partial charge in [-0.3, -0.25) is 0 Å². The van der Waals surface area contributed by atoms with Crippen LogP contribution in [-0.4, -0.2) is 38.6 Å². The van der Waals surface area contributed by atoms with Crippen LogP contribution in [0.5, 0.6) is 0 Å². The first-order chi connectivity index (χ1) is 6.22. The van der Waals surface area contributed by atoms with Gasteiger partial charge >= 0.3 is 0 Å². The number of rotatable bonds is 4. The predicted molar refractivity (Wildman–Crippen MR) is 50.3 cm³/mol. The van der Waals surface area contributed by atoms with E-state index in [2.05, 4.69) is 9.97 Å². The van der Waals surface area contributed by atoms with Gasteiger partial charge in [0, 0.05) is 5.75 Å². The molecule has 5 nitrogen and oxygen atoms in total. The van der Waals surface area contributed by atoms with Crippen molar-refractivity contribution in [3.05, 3.63) is 12.4 Å². The lowest BCUT2D eigenvalue weighted by Gasteiger charge is -2.04. The van der Waals surface area contributed by atoms with Gasteiger partial charge in [-0.25, -0.2) is 9.97 Å². The average molecular weight is 201 g/mol. The van der Waals surface area contributed by atoms with E-state index in [4.69, 9.17) is 15.9 Å². The van der Waals surface area contributed by atoms with Crippen LogP contribution in [0, 0.1) is 0 Å². The molecular formula is C7H11N3O2S. The molecule has 0 aliphatic rings. The maximum absolute atomic E-state index is 9.03. The Hall–Kier alpha value is -0.850. The highest BCUT2D eigenvalue weighted by Crippen LogP contribution is 2.14. The second-order valence-electron chi connectivity index (χ2n) is 2.43. The van der Waals surface area contributed by atoms with E-state index in [1.807, 2.05) is 0 Å². The molecule has 0 spiro atoms. The van der Waals surface area contributed by atoms with Crippen LogP contribution in [0.25, 0.3) is 0 Å². The summed E-state index contributed by atoms with van der Waals surface area (Å²) in [5.74, 6) is 0.766. The van der Waals surface area contributed by atoms with E-state index in [9.17, 15) is 0 Å². The van der Waals surface area contributed by atoms with Crippen molar-refractivity contribution in [3.8, 4) is 0 Å². The fourth-order valence-corrected chi connectivity index (χ4v) is 1.36. The van der Waals surface area contributed by atoms with E-state index in [0.29, 0.717) is 16.6 Å². The van der Waals surface area contributed by atoms with Crippen LogP contribution in [0.15, 0.2) is 17.4 Å². The molecule has 1 heterocycles. The van der Waals surface area contributed by atoms with Gasteiger partial charge in [-0.05, 0) is 0 Å². The lowest BCUT2D eigenvalue weighted by molar-refractivity contribution is 0.113. The maximum Gasteiger partial charge on any atom is 0.141 e. The van der Waals surface area contributed by atoms with Gasteiger partial charge in [0.2, 0.25) is 0 Å². The van der Waals surface area contributed by atoms with Crippen molar-refractivity contribution < 1.29 is 10.2 Å². The lowest BCUT2D eigenvalue weighted by atomic mass is 10.4. The molecular weight excluding hydrogens is 190 g/mol. The Morgan fingerprint density at radius 2 is 2.23 bits per heavy atom. The molecule has 0 radical (unpaired) electrons. The van der Waals surface area contributed by atoms with Crippen molar-refractivity contribution in [1.29, 1.82) is 0 Å². The maximum atomic E-state index is 9.03. The van der Waals surface area contributed by atoms with Gasteiger partial charge < -0.3 is 15.9 Å². The van der Waals surface area contributed by atoms with Crippen molar-refractivity contribution in [2.24, 2.45) is 0 Å². The summed E-state index contributed by atoms with van der Waals surface area (Å²) >= 11 is 1.32. The van der Waals surface area contributed by atoms with Gasteiger partial charge in [0.15, 0.2) is 0 Å². The molecule has 0 aromatic carbocycles. The van der Waals surface area contributed by atoms with Crippen LogP contribution >= 0.6 is 11.8 Å². The third kappa shape index (κ3) is 3.58. The van der Waals surface area contributed by atoms with Crippen molar-refractivity contribution >= 4 is 17.6 Å². The number of aromatic nitrogens is 2. The molecule has 1 aromatic rings. The summed E-state index contributed by atoms with van der Waals surface area (Å²) in [4.78, 5) is 7.80. The van der Waals surface area contributed by atoms with Crippen molar-refractivity contribution in [2.75, 3.05) is 18.1 Å². The summed E-state index contributed by atoms with van der Waals surface area (Å²) in [6, 6.07) is 0. The second kappa shape index (κ2) is 5.00. The molecule has 0 bridgehead atoms. The molecule has 1 atom stereocenters. The Morgan fingerprint density at radius 1 is 1.46 bits per heavy atom. The number of hydrogen-bond acceptors (Lipinski definition) is 6. The van der Waals surface area contributed by atoms with Gasteiger partial charge in [0.25, 0.3) is 0 Å². The molecule has 0 fully saturated rings. The summed E-state index contributed by atoms with van der Waals surface area (Å²) < 4.78 is 0. The number of nitrogens with two attached hydrogens (primary N) is 1. The molecule has 0 aliphatic heterocycles. The minimum Gasteiger partial charge on any atom is -0.394 e. The average Bonchev–Trinajstić information content (AvgIpc) is 2.16. The molecule has 0 amide bonds. The fraction of sp³-hybridized carbons (Fsp3) is 0.429. The van der Waals surface area contributed by atoms with Gasteiger partial charge in [0.05, 0.1) is 25.1 Å². The number of nitrogens with zero attached hydrogens (tertiary/aromatic N) is 2. The van der Waals surface area contributed by atoms with E-state index in [1.54, 1.807) is 0 Å². The number of nitrogen functional groups attached to an aromatic ring is 1. The molecule has 72 valence electrons. The lowest BCUT2D eigenvalue weighted by Crippen LogP contribution is -2.14. The molecule has 1 aromatic heterocycles. The topological polar surface area (TPSA) is 92.3 Å². The number of hydrogen-bond donors (Lipinski definition) is 3. The summed E-state index contributed by atoms with van der Waals surface area (Å²) in [5, 5.41) is 18.2. The Labute approximate surface area is 80.0 Å². The zero-order chi connectivity index (χ0) is 9.68. The number of anilines is 1. The van der Waals surface area contributed by atoms with Crippen LogP contribution in [0.1, 0.15) is 0 Å². The summed E-state index contributed by atoms with van der Waals surface area (Å²) in [7, 11) is 0. The fourth-order valence-electron chi connectivity index (χ4n) is 0.635. The third-order valence-corrected chi connectivity index (χ3v) is 2.34. The van der Waals surface area contributed by atoms with E-state index < -0.39 is 6.10 Å². The Bertz CT molecular complexity index is 254. The van der Waals surface area contributed by atoms with Gasteiger partial charge in [0.1, 0.15) is 10.8 Å². The minimum atomic E-state index is -0.718. The van der Waals surface area contributed by atoms with E-state index in [-0.39, 0.29) is 6.61 Å². The smallest absolute Gasteiger partial charge is 0.141 e. The Balaban J connectivity index is 2.41. The number of aliphatic hydroxyl groups is 2. The zero-order valence-corrected chi connectivity index (χ0v) is 7.74. The normalized spacial score (nSPS) is 12.8. The molecule has 0 saturated carbocycles. The van der Waals surface area contributed by atoms with Gasteiger partial charge in [-0.15, -0.1) is 11.8 Å². The molecule has 6 heteroatoms. The predicted octanol–water partition coefficient (Wildman–Crippen LogP) is -0.496.